The molecule has 5 nitrogen and oxygen atoms in total. The molecule has 0 aliphatic carbocycles. The second-order valence-electron chi connectivity index (χ2n) is 6.09. The van der Waals surface area contributed by atoms with E-state index >= 15 is 0 Å². The van der Waals surface area contributed by atoms with Crippen molar-refractivity contribution in [2.45, 2.75) is 32.4 Å². The second kappa shape index (κ2) is 8.80. The van der Waals surface area contributed by atoms with Gasteiger partial charge in [0.1, 0.15) is 0 Å². The van der Waals surface area contributed by atoms with E-state index in [4.69, 9.17) is 0 Å². The average Bonchev–Trinajstić information content (AvgIpc) is 2.87. The molecular formula is C18H25N3O2S. The van der Waals surface area contributed by atoms with E-state index in [1.807, 2.05) is 44.6 Å². The van der Waals surface area contributed by atoms with Crippen LogP contribution < -0.4 is 10.2 Å². The van der Waals surface area contributed by atoms with E-state index in [1.54, 1.807) is 4.57 Å². The summed E-state index contributed by atoms with van der Waals surface area (Å²) in [5.74, 6) is 0.0266. The van der Waals surface area contributed by atoms with E-state index < -0.39 is 0 Å². The third kappa shape index (κ3) is 5.04. The minimum absolute atomic E-state index is 0.0266. The Morgan fingerprint density at radius 1 is 1.29 bits per heavy atom. The molecule has 2 aromatic rings. The molecule has 6 heteroatoms. The molecule has 0 bridgehead atoms. The lowest BCUT2D eigenvalue weighted by Crippen LogP contribution is -2.34. The molecule has 0 radical (unpaired) electrons. The zero-order valence-electron chi connectivity index (χ0n) is 14.5. The van der Waals surface area contributed by atoms with Crippen molar-refractivity contribution >= 4 is 17.2 Å². The number of hydrogen-bond acceptors (Lipinski definition) is 4. The van der Waals surface area contributed by atoms with Crippen LogP contribution in [0, 0.1) is 6.92 Å². The van der Waals surface area contributed by atoms with Gasteiger partial charge >= 0.3 is 4.87 Å². The van der Waals surface area contributed by atoms with Gasteiger partial charge in [0.2, 0.25) is 5.91 Å². The molecule has 0 aliphatic heterocycles. The molecule has 0 saturated heterocycles. The largest absolute Gasteiger partial charge is 0.354 e. The fourth-order valence-corrected chi connectivity index (χ4v) is 3.41. The number of carbonyl (C=O) groups is 1. The Bertz CT molecular complexity index is 707. The number of carbonyl (C=O) groups excluding carboxylic acids is 1. The Balaban J connectivity index is 1.80. The summed E-state index contributed by atoms with van der Waals surface area (Å²) in [5, 5.41) is 4.86. The van der Waals surface area contributed by atoms with Gasteiger partial charge in [-0.2, -0.15) is 0 Å². The Morgan fingerprint density at radius 2 is 2.00 bits per heavy atom. The number of rotatable bonds is 8. The Kier molecular flexibility index (Phi) is 6.75. The van der Waals surface area contributed by atoms with Crippen molar-refractivity contribution in [3.63, 3.8) is 0 Å². The van der Waals surface area contributed by atoms with Crippen LogP contribution in [0.25, 0.3) is 0 Å². The molecule has 0 saturated carbocycles. The SMILES string of the molecule is Cc1csc(=O)n1CCCC(=O)NC[C@H](c1ccccc1)N(C)C. The highest BCUT2D eigenvalue weighted by Gasteiger charge is 2.14. The minimum Gasteiger partial charge on any atom is -0.354 e. The van der Waals surface area contributed by atoms with Gasteiger partial charge < -0.3 is 14.8 Å². The van der Waals surface area contributed by atoms with E-state index in [2.05, 4.69) is 22.3 Å². The molecule has 1 atom stereocenters. The summed E-state index contributed by atoms with van der Waals surface area (Å²) in [6.45, 7) is 3.09. The van der Waals surface area contributed by atoms with Gasteiger partial charge in [-0.1, -0.05) is 41.7 Å². The first-order valence-corrected chi connectivity index (χ1v) is 9.00. The van der Waals surface area contributed by atoms with Gasteiger partial charge in [-0.25, -0.2) is 0 Å². The smallest absolute Gasteiger partial charge is 0.307 e. The first-order valence-electron chi connectivity index (χ1n) is 8.12. The van der Waals surface area contributed by atoms with Crippen LogP contribution in [0.3, 0.4) is 0 Å². The standard InChI is InChI=1S/C18H25N3O2S/c1-14-13-24-18(23)21(14)11-7-10-17(22)19-12-16(20(2)3)15-8-5-4-6-9-15/h4-6,8-9,13,16H,7,10-12H2,1-3H3,(H,19,22)/t16-/m1/s1. The maximum absolute atomic E-state index is 12.1. The molecule has 0 aliphatic rings. The zero-order valence-corrected chi connectivity index (χ0v) is 15.3. The lowest BCUT2D eigenvalue weighted by molar-refractivity contribution is -0.121. The van der Waals surface area contributed by atoms with Gasteiger partial charge in [0.15, 0.2) is 0 Å². The van der Waals surface area contributed by atoms with Crippen LogP contribution in [0.1, 0.15) is 30.1 Å². The summed E-state index contributed by atoms with van der Waals surface area (Å²) in [5.41, 5.74) is 2.14. The number of nitrogens with one attached hydrogen (secondary N) is 1. The maximum Gasteiger partial charge on any atom is 0.307 e. The Morgan fingerprint density at radius 3 is 2.58 bits per heavy atom. The maximum atomic E-state index is 12.1. The van der Waals surface area contributed by atoms with Crippen LogP contribution >= 0.6 is 11.3 Å². The van der Waals surface area contributed by atoms with Gasteiger partial charge in [0.05, 0.1) is 6.04 Å². The summed E-state index contributed by atoms with van der Waals surface area (Å²) < 4.78 is 1.73. The number of hydrogen-bond donors (Lipinski definition) is 1. The van der Waals surface area contributed by atoms with Gasteiger partial charge in [-0.3, -0.25) is 9.59 Å². The molecule has 24 heavy (non-hydrogen) atoms. The van der Waals surface area contributed by atoms with Crippen LogP contribution in [0.2, 0.25) is 0 Å². The fraction of sp³-hybridized carbons (Fsp3) is 0.444. The summed E-state index contributed by atoms with van der Waals surface area (Å²) in [6, 6.07) is 10.3. The highest BCUT2D eigenvalue weighted by atomic mass is 32.1. The molecule has 1 N–H and O–H groups in total. The monoisotopic (exact) mass is 347 g/mol. The lowest BCUT2D eigenvalue weighted by Gasteiger charge is -2.25. The van der Waals surface area contributed by atoms with Crippen molar-refractivity contribution in [3.05, 3.63) is 56.6 Å². The van der Waals surface area contributed by atoms with E-state index in [1.165, 1.54) is 16.9 Å². The summed E-state index contributed by atoms with van der Waals surface area (Å²) in [6.07, 6.45) is 1.10. The predicted molar refractivity (Wildman–Crippen MR) is 98.4 cm³/mol. The zero-order chi connectivity index (χ0) is 17.5. The molecule has 2 rings (SSSR count). The Labute approximate surface area is 146 Å². The topological polar surface area (TPSA) is 54.3 Å². The minimum atomic E-state index is 0.0266. The predicted octanol–water partition coefficient (Wildman–Crippen LogP) is 2.42. The van der Waals surface area contributed by atoms with E-state index in [-0.39, 0.29) is 16.8 Å². The van der Waals surface area contributed by atoms with Crippen LogP contribution in [0.15, 0.2) is 40.5 Å². The van der Waals surface area contributed by atoms with Crippen molar-refractivity contribution in [2.24, 2.45) is 0 Å². The van der Waals surface area contributed by atoms with Crippen molar-refractivity contribution in [2.75, 3.05) is 20.6 Å². The van der Waals surface area contributed by atoms with Crippen LogP contribution in [-0.4, -0.2) is 36.0 Å². The number of aryl methyl sites for hydroxylation is 1. The molecule has 1 aromatic carbocycles. The lowest BCUT2D eigenvalue weighted by atomic mass is 10.1. The molecule has 0 fully saturated rings. The number of aromatic nitrogens is 1. The second-order valence-corrected chi connectivity index (χ2v) is 6.91. The first kappa shape index (κ1) is 18.4. The van der Waals surface area contributed by atoms with Crippen molar-refractivity contribution < 1.29 is 4.79 Å². The number of benzene rings is 1. The van der Waals surface area contributed by atoms with Crippen molar-refractivity contribution in [1.29, 1.82) is 0 Å². The fourth-order valence-electron chi connectivity index (χ4n) is 2.64. The molecule has 1 heterocycles. The van der Waals surface area contributed by atoms with Gasteiger partial charge in [-0.05, 0) is 33.0 Å². The van der Waals surface area contributed by atoms with Gasteiger partial charge in [0.25, 0.3) is 0 Å². The summed E-state index contributed by atoms with van der Waals surface area (Å²) in [7, 11) is 4.02. The molecule has 1 amide bonds. The van der Waals surface area contributed by atoms with E-state index in [0.29, 0.717) is 25.9 Å². The summed E-state index contributed by atoms with van der Waals surface area (Å²) in [4.78, 5) is 25.9. The number of nitrogens with zero attached hydrogens (tertiary/aromatic N) is 2. The number of likely N-dealkylation sites (N-methyl/N-ethyl adjacent to an activating group) is 1. The van der Waals surface area contributed by atoms with Crippen molar-refractivity contribution in [3.8, 4) is 0 Å². The average molecular weight is 347 g/mol. The summed E-state index contributed by atoms with van der Waals surface area (Å²) >= 11 is 1.21. The molecule has 0 spiro atoms. The Hall–Kier alpha value is -1.92. The molecule has 1 aromatic heterocycles. The van der Waals surface area contributed by atoms with Crippen LogP contribution in [0.4, 0.5) is 0 Å². The first-order chi connectivity index (χ1) is 11.5. The molecular weight excluding hydrogens is 322 g/mol. The normalized spacial score (nSPS) is 12.3. The van der Waals surface area contributed by atoms with Crippen LogP contribution in [0.5, 0.6) is 0 Å². The number of thiazole rings is 1. The van der Waals surface area contributed by atoms with E-state index in [0.717, 1.165) is 5.69 Å². The van der Waals surface area contributed by atoms with Gasteiger partial charge in [-0.15, -0.1) is 0 Å². The van der Waals surface area contributed by atoms with E-state index in [9.17, 15) is 9.59 Å². The molecule has 0 unspecified atom stereocenters. The molecule has 130 valence electrons. The third-order valence-electron chi connectivity index (χ3n) is 4.06. The highest BCUT2D eigenvalue weighted by Crippen LogP contribution is 2.16. The number of amides is 1. The van der Waals surface area contributed by atoms with Crippen LogP contribution in [-0.2, 0) is 11.3 Å². The van der Waals surface area contributed by atoms with Gasteiger partial charge in [0, 0.05) is 30.6 Å². The third-order valence-corrected chi connectivity index (χ3v) is 4.94. The quantitative estimate of drug-likeness (QED) is 0.798. The highest BCUT2D eigenvalue weighted by molar-refractivity contribution is 7.07. The van der Waals surface area contributed by atoms with Crippen molar-refractivity contribution in [1.82, 2.24) is 14.8 Å².